The summed E-state index contributed by atoms with van der Waals surface area (Å²) >= 11 is 9.52. The van der Waals surface area contributed by atoms with Gasteiger partial charge in [0.05, 0.1) is 22.8 Å². The highest BCUT2D eigenvalue weighted by Crippen LogP contribution is 2.34. The lowest BCUT2D eigenvalue weighted by Gasteiger charge is -2.06. The van der Waals surface area contributed by atoms with Gasteiger partial charge in [-0.1, -0.05) is 29.8 Å². The summed E-state index contributed by atoms with van der Waals surface area (Å²) in [7, 11) is 1.86. The van der Waals surface area contributed by atoms with Crippen molar-refractivity contribution in [1.29, 1.82) is 0 Å². The molecule has 1 aliphatic rings. The molecule has 0 aliphatic carbocycles. The number of amides is 1. The maximum atomic E-state index is 12.4. The van der Waals surface area contributed by atoms with Gasteiger partial charge in [0, 0.05) is 35.1 Å². The third kappa shape index (κ3) is 3.31. The van der Waals surface area contributed by atoms with Crippen LogP contribution in [-0.2, 0) is 29.8 Å². The molecule has 1 N–H and O–H groups in total. The van der Waals surface area contributed by atoms with Crippen molar-refractivity contribution < 1.29 is 4.79 Å². The van der Waals surface area contributed by atoms with E-state index in [4.69, 9.17) is 11.6 Å². The molecule has 1 aromatic carbocycles. The van der Waals surface area contributed by atoms with Gasteiger partial charge in [-0.15, -0.1) is 11.3 Å². The number of thiazole rings is 1. The van der Waals surface area contributed by atoms with E-state index in [1.54, 1.807) is 4.68 Å². The fourth-order valence-electron chi connectivity index (χ4n) is 2.78. The van der Waals surface area contributed by atoms with Gasteiger partial charge in [-0.05, 0) is 6.07 Å². The lowest BCUT2D eigenvalue weighted by atomic mass is 10.2. The molecular formula is C17H15ClN4OS2. The van der Waals surface area contributed by atoms with Crippen molar-refractivity contribution in [3.63, 3.8) is 0 Å². The van der Waals surface area contributed by atoms with Gasteiger partial charge in [-0.3, -0.25) is 9.48 Å². The number of nitrogens with one attached hydrogen (secondary N) is 1. The van der Waals surface area contributed by atoms with Crippen LogP contribution < -0.4 is 5.32 Å². The molecule has 8 heteroatoms. The Morgan fingerprint density at radius 1 is 1.36 bits per heavy atom. The standard InChI is InChI=1S/C17H15ClN4OS2/c1-22-16(12-8-24-9-14(12)21-22)20-15(23)6-10-7-25-17(19-10)11-4-2-3-5-13(11)18/h2-5,7H,6,8-9H2,1H3,(H,20,23). The van der Waals surface area contributed by atoms with Crippen LogP contribution in [0.2, 0.25) is 5.02 Å². The highest BCUT2D eigenvalue weighted by Gasteiger charge is 2.22. The SMILES string of the molecule is Cn1nc2c(c1NC(=O)Cc1csc(-c3ccccc3Cl)n1)CSC2. The summed E-state index contributed by atoms with van der Waals surface area (Å²) in [6.07, 6.45) is 0.230. The first-order valence-corrected chi connectivity index (χ1v) is 10.1. The monoisotopic (exact) mass is 390 g/mol. The number of rotatable bonds is 4. The number of halogens is 1. The molecule has 128 valence electrons. The predicted molar refractivity (Wildman–Crippen MR) is 103 cm³/mol. The Hall–Kier alpha value is -1.83. The number of carbonyl (C=O) groups excluding carboxylic acids is 1. The lowest BCUT2D eigenvalue weighted by molar-refractivity contribution is -0.115. The second-order valence-electron chi connectivity index (χ2n) is 5.74. The zero-order chi connectivity index (χ0) is 17.4. The maximum Gasteiger partial charge on any atom is 0.231 e. The minimum absolute atomic E-state index is 0.0845. The normalized spacial score (nSPS) is 13.0. The molecule has 5 nitrogen and oxygen atoms in total. The fourth-order valence-corrected chi connectivity index (χ4v) is 4.96. The molecule has 0 radical (unpaired) electrons. The number of thioether (sulfide) groups is 1. The topological polar surface area (TPSA) is 59.8 Å². The molecule has 0 atom stereocenters. The van der Waals surface area contributed by atoms with E-state index in [-0.39, 0.29) is 12.3 Å². The molecule has 0 spiro atoms. The molecule has 3 heterocycles. The number of hydrogen-bond acceptors (Lipinski definition) is 5. The molecule has 0 fully saturated rings. The molecule has 0 unspecified atom stereocenters. The van der Waals surface area contributed by atoms with Gasteiger partial charge in [0.1, 0.15) is 10.8 Å². The van der Waals surface area contributed by atoms with Crippen molar-refractivity contribution in [3.8, 4) is 10.6 Å². The number of anilines is 1. The first kappa shape index (κ1) is 16.6. The highest BCUT2D eigenvalue weighted by atomic mass is 35.5. The van der Waals surface area contributed by atoms with Crippen LogP contribution in [-0.4, -0.2) is 20.7 Å². The Balaban J connectivity index is 1.48. The Kier molecular flexibility index (Phi) is 4.54. The molecule has 25 heavy (non-hydrogen) atoms. The number of benzene rings is 1. The van der Waals surface area contributed by atoms with Crippen molar-refractivity contribution in [3.05, 3.63) is 51.6 Å². The van der Waals surface area contributed by atoms with Gasteiger partial charge in [0.2, 0.25) is 5.91 Å². The molecule has 0 saturated heterocycles. The van der Waals surface area contributed by atoms with Crippen molar-refractivity contribution in [2.75, 3.05) is 5.32 Å². The Labute approximate surface area is 158 Å². The van der Waals surface area contributed by atoms with E-state index in [1.165, 1.54) is 11.3 Å². The van der Waals surface area contributed by atoms with Crippen LogP contribution in [0.5, 0.6) is 0 Å². The smallest absolute Gasteiger partial charge is 0.231 e. The number of aromatic nitrogens is 3. The predicted octanol–water partition coefficient (Wildman–Crippen LogP) is 4.13. The summed E-state index contributed by atoms with van der Waals surface area (Å²) in [4.78, 5) is 17.0. The number of hydrogen-bond donors (Lipinski definition) is 1. The number of carbonyl (C=O) groups is 1. The molecular weight excluding hydrogens is 376 g/mol. The second kappa shape index (κ2) is 6.82. The largest absolute Gasteiger partial charge is 0.310 e. The van der Waals surface area contributed by atoms with E-state index < -0.39 is 0 Å². The van der Waals surface area contributed by atoms with Gasteiger partial charge < -0.3 is 5.32 Å². The molecule has 1 aliphatic heterocycles. The average molecular weight is 391 g/mol. The van der Waals surface area contributed by atoms with Gasteiger partial charge in [-0.2, -0.15) is 16.9 Å². The van der Waals surface area contributed by atoms with Crippen molar-refractivity contribution in [1.82, 2.24) is 14.8 Å². The zero-order valence-corrected chi connectivity index (χ0v) is 15.8. The third-order valence-electron chi connectivity index (χ3n) is 3.97. The summed E-state index contributed by atoms with van der Waals surface area (Å²) in [5.74, 6) is 2.52. The average Bonchev–Trinajstić information content (AvgIpc) is 3.27. The van der Waals surface area contributed by atoms with E-state index >= 15 is 0 Å². The first-order chi connectivity index (χ1) is 12.1. The van der Waals surface area contributed by atoms with Crippen LogP contribution in [0.1, 0.15) is 17.0 Å². The van der Waals surface area contributed by atoms with Crippen LogP contribution in [0.15, 0.2) is 29.6 Å². The molecule has 2 aromatic heterocycles. The van der Waals surface area contributed by atoms with Crippen molar-refractivity contribution >= 4 is 46.4 Å². The molecule has 0 saturated carbocycles. The van der Waals surface area contributed by atoms with E-state index in [9.17, 15) is 4.79 Å². The number of aryl methyl sites for hydroxylation is 1. The summed E-state index contributed by atoms with van der Waals surface area (Å²) in [5, 5.41) is 10.8. The first-order valence-electron chi connectivity index (χ1n) is 7.73. The van der Waals surface area contributed by atoms with Crippen LogP contribution >= 0.6 is 34.7 Å². The van der Waals surface area contributed by atoms with Gasteiger partial charge in [0.15, 0.2) is 0 Å². The Morgan fingerprint density at radius 3 is 3.04 bits per heavy atom. The highest BCUT2D eigenvalue weighted by molar-refractivity contribution is 7.98. The van der Waals surface area contributed by atoms with E-state index in [0.717, 1.165) is 44.8 Å². The van der Waals surface area contributed by atoms with Crippen LogP contribution in [0.4, 0.5) is 5.82 Å². The summed E-state index contributed by atoms with van der Waals surface area (Å²) in [5.41, 5.74) is 3.83. The second-order valence-corrected chi connectivity index (χ2v) is 7.99. The molecule has 0 bridgehead atoms. The maximum absolute atomic E-state index is 12.4. The van der Waals surface area contributed by atoms with Crippen molar-refractivity contribution in [2.24, 2.45) is 7.05 Å². The number of nitrogens with zero attached hydrogens (tertiary/aromatic N) is 3. The molecule has 4 rings (SSSR count). The van der Waals surface area contributed by atoms with Gasteiger partial charge >= 0.3 is 0 Å². The van der Waals surface area contributed by atoms with Crippen LogP contribution in [0.25, 0.3) is 10.6 Å². The Bertz CT molecular complexity index is 950. The Morgan fingerprint density at radius 2 is 2.20 bits per heavy atom. The van der Waals surface area contributed by atoms with Crippen LogP contribution in [0.3, 0.4) is 0 Å². The summed E-state index contributed by atoms with van der Waals surface area (Å²) < 4.78 is 1.75. The van der Waals surface area contributed by atoms with Gasteiger partial charge in [0.25, 0.3) is 0 Å². The fraction of sp³-hybridized carbons (Fsp3) is 0.235. The van der Waals surface area contributed by atoms with E-state index in [1.807, 2.05) is 48.5 Å². The van der Waals surface area contributed by atoms with E-state index in [2.05, 4.69) is 15.4 Å². The molecule has 3 aromatic rings. The quantitative estimate of drug-likeness (QED) is 0.727. The number of fused-ring (bicyclic) bond motifs is 1. The van der Waals surface area contributed by atoms with E-state index in [0.29, 0.717) is 5.02 Å². The van der Waals surface area contributed by atoms with Crippen LogP contribution in [0, 0.1) is 0 Å². The summed E-state index contributed by atoms with van der Waals surface area (Å²) in [6, 6.07) is 7.59. The minimum atomic E-state index is -0.0845. The zero-order valence-electron chi connectivity index (χ0n) is 13.5. The molecule has 1 amide bonds. The van der Waals surface area contributed by atoms with Gasteiger partial charge in [-0.25, -0.2) is 4.98 Å². The lowest BCUT2D eigenvalue weighted by Crippen LogP contribution is -2.17. The third-order valence-corrected chi connectivity index (χ3v) is 6.19. The summed E-state index contributed by atoms with van der Waals surface area (Å²) in [6.45, 7) is 0. The van der Waals surface area contributed by atoms with Crippen molar-refractivity contribution in [2.45, 2.75) is 17.9 Å². The minimum Gasteiger partial charge on any atom is -0.310 e.